The van der Waals surface area contributed by atoms with Gasteiger partial charge in [0.15, 0.2) is 0 Å². The first-order valence-corrected chi connectivity index (χ1v) is 5.26. The zero-order valence-electron chi connectivity index (χ0n) is 8.24. The maximum atomic E-state index is 9.03. The Morgan fingerprint density at radius 1 is 1.29 bits per heavy atom. The van der Waals surface area contributed by atoms with Gasteiger partial charge in [-0.1, -0.05) is 12.1 Å². The van der Waals surface area contributed by atoms with Crippen molar-refractivity contribution in [1.29, 1.82) is 0 Å². The van der Waals surface area contributed by atoms with E-state index in [4.69, 9.17) is 5.11 Å². The zero-order chi connectivity index (χ0) is 9.60. The topological polar surface area (TPSA) is 23.5 Å². The molecule has 1 aliphatic carbocycles. The summed E-state index contributed by atoms with van der Waals surface area (Å²) in [5, 5.41) is 9.03. The van der Waals surface area contributed by atoms with Gasteiger partial charge in [0.2, 0.25) is 0 Å². The molecule has 2 aliphatic rings. The molecule has 0 unspecified atom stereocenters. The van der Waals surface area contributed by atoms with E-state index in [1.807, 2.05) is 12.1 Å². The molecule has 1 spiro atoms. The second-order valence-corrected chi connectivity index (χ2v) is 4.68. The molecule has 74 valence electrons. The van der Waals surface area contributed by atoms with Gasteiger partial charge in [-0.25, -0.2) is 0 Å². The molecule has 1 heterocycles. The normalized spacial score (nSPS) is 22.2. The van der Waals surface area contributed by atoms with Crippen molar-refractivity contribution >= 4 is 5.69 Å². The molecule has 1 aliphatic heterocycles. The highest BCUT2D eigenvalue weighted by Crippen LogP contribution is 2.53. The molecule has 0 bridgehead atoms. The van der Waals surface area contributed by atoms with Gasteiger partial charge in [-0.2, -0.15) is 0 Å². The van der Waals surface area contributed by atoms with E-state index in [1.54, 1.807) is 0 Å². The second-order valence-electron chi connectivity index (χ2n) is 4.68. The van der Waals surface area contributed by atoms with Crippen molar-refractivity contribution < 1.29 is 5.11 Å². The Balaban J connectivity index is 1.76. The maximum absolute atomic E-state index is 9.03. The summed E-state index contributed by atoms with van der Waals surface area (Å²) in [6, 6.07) is 8.22. The quantitative estimate of drug-likeness (QED) is 0.766. The maximum Gasteiger partial charge on any atom is 0.0682 e. The first-order valence-electron chi connectivity index (χ1n) is 5.26. The van der Waals surface area contributed by atoms with Gasteiger partial charge in [0.25, 0.3) is 0 Å². The van der Waals surface area contributed by atoms with Crippen LogP contribution in [0, 0.1) is 5.41 Å². The monoisotopic (exact) mass is 189 g/mol. The van der Waals surface area contributed by atoms with E-state index < -0.39 is 0 Å². The Morgan fingerprint density at radius 2 is 2.07 bits per heavy atom. The molecule has 0 amide bonds. The van der Waals surface area contributed by atoms with Crippen molar-refractivity contribution in [2.45, 2.75) is 19.4 Å². The summed E-state index contributed by atoms with van der Waals surface area (Å²) in [5.41, 5.74) is 2.99. The zero-order valence-corrected chi connectivity index (χ0v) is 8.24. The predicted octanol–water partition coefficient (Wildman–Crippen LogP) is 1.78. The van der Waals surface area contributed by atoms with Crippen LogP contribution in [0.3, 0.4) is 0 Å². The lowest BCUT2D eigenvalue weighted by atomic mass is 9.96. The third kappa shape index (κ3) is 1.22. The molecule has 1 aromatic carbocycles. The smallest absolute Gasteiger partial charge is 0.0682 e. The van der Waals surface area contributed by atoms with E-state index >= 15 is 0 Å². The second kappa shape index (κ2) is 2.74. The number of rotatable bonds is 2. The van der Waals surface area contributed by atoms with E-state index in [-0.39, 0.29) is 6.61 Å². The van der Waals surface area contributed by atoms with E-state index in [1.165, 1.54) is 31.6 Å². The molecule has 0 radical (unpaired) electrons. The molecule has 1 N–H and O–H groups in total. The summed E-state index contributed by atoms with van der Waals surface area (Å²) in [6.45, 7) is 2.59. The van der Waals surface area contributed by atoms with Crippen molar-refractivity contribution in [1.82, 2.24) is 0 Å². The van der Waals surface area contributed by atoms with Gasteiger partial charge in [0.1, 0.15) is 0 Å². The number of aliphatic hydroxyl groups is 1. The van der Waals surface area contributed by atoms with Crippen molar-refractivity contribution in [2.24, 2.45) is 5.41 Å². The van der Waals surface area contributed by atoms with Crippen LogP contribution in [0.2, 0.25) is 0 Å². The van der Waals surface area contributed by atoms with Crippen LogP contribution in [0.15, 0.2) is 24.3 Å². The van der Waals surface area contributed by atoms with E-state index in [0.717, 1.165) is 5.56 Å². The number of hydrogen-bond acceptors (Lipinski definition) is 2. The molecule has 0 atom stereocenters. The fourth-order valence-corrected chi connectivity index (χ4v) is 2.29. The summed E-state index contributed by atoms with van der Waals surface area (Å²) in [5.74, 6) is 0. The average molecular weight is 189 g/mol. The van der Waals surface area contributed by atoms with Gasteiger partial charge in [0, 0.05) is 24.2 Å². The first-order chi connectivity index (χ1) is 6.81. The Hall–Kier alpha value is -1.02. The van der Waals surface area contributed by atoms with E-state index in [9.17, 15) is 0 Å². The van der Waals surface area contributed by atoms with Gasteiger partial charge in [-0.15, -0.1) is 0 Å². The van der Waals surface area contributed by atoms with Crippen LogP contribution in [-0.2, 0) is 6.61 Å². The predicted molar refractivity (Wildman–Crippen MR) is 56.2 cm³/mol. The number of aliphatic hydroxyl groups excluding tert-OH is 1. The van der Waals surface area contributed by atoms with Gasteiger partial charge < -0.3 is 10.0 Å². The van der Waals surface area contributed by atoms with Crippen LogP contribution in [0.4, 0.5) is 5.69 Å². The molecular weight excluding hydrogens is 174 g/mol. The van der Waals surface area contributed by atoms with Crippen LogP contribution < -0.4 is 4.90 Å². The minimum Gasteiger partial charge on any atom is -0.392 e. The molecule has 2 nitrogen and oxygen atoms in total. The first kappa shape index (κ1) is 8.30. The number of nitrogens with zero attached hydrogens (tertiary/aromatic N) is 1. The lowest BCUT2D eigenvalue weighted by Crippen LogP contribution is -2.48. The summed E-state index contributed by atoms with van der Waals surface area (Å²) in [4.78, 5) is 2.41. The minimum absolute atomic E-state index is 0.146. The number of benzene rings is 1. The summed E-state index contributed by atoms with van der Waals surface area (Å²) in [6.07, 6.45) is 2.84. The van der Waals surface area contributed by atoms with Crippen molar-refractivity contribution in [3.8, 4) is 0 Å². The standard InChI is InChI=1S/C12H15NO/c14-7-10-2-1-3-11(6-10)13-8-12(9-13)4-5-12/h1-3,6,14H,4-5,7-9H2. The molecule has 2 fully saturated rings. The summed E-state index contributed by atoms with van der Waals surface area (Å²) < 4.78 is 0. The molecule has 1 aromatic rings. The molecular formula is C12H15NO. The van der Waals surface area contributed by atoms with E-state index in [0.29, 0.717) is 5.41 Å². The van der Waals surface area contributed by atoms with E-state index in [2.05, 4.69) is 17.0 Å². The highest BCUT2D eigenvalue weighted by atomic mass is 16.3. The van der Waals surface area contributed by atoms with Crippen molar-refractivity contribution in [3.63, 3.8) is 0 Å². The lowest BCUT2D eigenvalue weighted by Gasteiger charge is -2.42. The van der Waals surface area contributed by atoms with Gasteiger partial charge in [0.05, 0.1) is 6.61 Å². The van der Waals surface area contributed by atoms with Gasteiger partial charge >= 0.3 is 0 Å². The third-order valence-corrected chi connectivity index (χ3v) is 3.47. The highest BCUT2D eigenvalue weighted by Gasteiger charge is 2.52. The largest absolute Gasteiger partial charge is 0.392 e. The highest BCUT2D eigenvalue weighted by molar-refractivity contribution is 5.52. The summed E-state index contributed by atoms with van der Waals surface area (Å²) >= 11 is 0. The molecule has 14 heavy (non-hydrogen) atoms. The molecule has 1 saturated carbocycles. The van der Waals surface area contributed by atoms with Crippen LogP contribution >= 0.6 is 0 Å². The van der Waals surface area contributed by atoms with Crippen LogP contribution in [0.5, 0.6) is 0 Å². The Morgan fingerprint density at radius 3 is 2.71 bits per heavy atom. The number of anilines is 1. The Bertz CT molecular complexity index is 349. The molecule has 2 heteroatoms. The van der Waals surface area contributed by atoms with Gasteiger partial charge in [-0.3, -0.25) is 0 Å². The average Bonchev–Trinajstić information content (AvgIpc) is 2.95. The lowest BCUT2D eigenvalue weighted by molar-refractivity contribution is 0.281. The van der Waals surface area contributed by atoms with Crippen LogP contribution in [-0.4, -0.2) is 18.2 Å². The van der Waals surface area contributed by atoms with Crippen LogP contribution in [0.25, 0.3) is 0 Å². The van der Waals surface area contributed by atoms with Gasteiger partial charge in [-0.05, 0) is 30.5 Å². The number of hydrogen-bond donors (Lipinski definition) is 1. The minimum atomic E-state index is 0.146. The molecule has 0 aromatic heterocycles. The fraction of sp³-hybridized carbons (Fsp3) is 0.500. The Kier molecular flexibility index (Phi) is 1.62. The Labute approximate surface area is 84.2 Å². The summed E-state index contributed by atoms with van der Waals surface area (Å²) in [7, 11) is 0. The third-order valence-electron chi connectivity index (χ3n) is 3.47. The fourth-order valence-electron chi connectivity index (χ4n) is 2.29. The molecule has 3 rings (SSSR count). The van der Waals surface area contributed by atoms with Crippen molar-refractivity contribution in [2.75, 3.05) is 18.0 Å². The van der Waals surface area contributed by atoms with Crippen LogP contribution in [0.1, 0.15) is 18.4 Å². The van der Waals surface area contributed by atoms with Crippen molar-refractivity contribution in [3.05, 3.63) is 29.8 Å². The molecule has 1 saturated heterocycles. The SMILES string of the molecule is OCc1cccc(N2CC3(CC3)C2)c1.